The summed E-state index contributed by atoms with van der Waals surface area (Å²) >= 11 is 6.89. The van der Waals surface area contributed by atoms with Gasteiger partial charge in [-0.15, -0.1) is 0 Å². The van der Waals surface area contributed by atoms with Crippen molar-refractivity contribution in [3.63, 3.8) is 0 Å². The monoisotopic (exact) mass is 339 g/mol. The van der Waals surface area contributed by atoms with E-state index in [1.807, 2.05) is 23.9 Å². The van der Waals surface area contributed by atoms with Crippen molar-refractivity contribution in [2.45, 2.75) is 39.0 Å². The Morgan fingerprint density at radius 3 is 2.47 bits per heavy atom. The maximum Gasteiger partial charge on any atom is 0.169 e. The number of hydrogen-bond acceptors (Lipinski definition) is 4. The van der Waals surface area contributed by atoms with Gasteiger partial charge in [-0.2, -0.15) is 11.8 Å². The Labute approximate surface area is 122 Å². The van der Waals surface area contributed by atoms with Crippen molar-refractivity contribution in [1.82, 2.24) is 4.72 Å². The van der Waals surface area contributed by atoms with E-state index >= 15 is 0 Å². The molecule has 5 heteroatoms. The fourth-order valence-electron chi connectivity index (χ4n) is 1.10. The second-order valence-corrected chi connectivity index (χ2v) is 7.84. The van der Waals surface area contributed by atoms with E-state index in [4.69, 9.17) is 4.42 Å². The minimum Gasteiger partial charge on any atom is -0.453 e. The van der Waals surface area contributed by atoms with E-state index in [0.717, 1.165) is 16.2 Å². The first-order chi connectivity index (χ1) is 7.42. The molecule has 2 nitrogen and oxygen atoms in total. The van der Waals surface area contributed by atoms with Crippen LogP contribution in [0.2, 0.25) is 0 Å². The molecule has 0 saturated heterocycles. The van der Waals surface area contributed by atoms with Gasteiger partial charge in [0.05, 0.1) is 6.04 Å². The molecule has 1 aromatic heterocycles. The smallest absolute Gasteiger partial charge is 0.169 e. The van der Waals surface area contributed by atoms with E-state index in [1.54, 1.807) is 11.9 Å². The summed E-state index contributed by atoms with van der Waals surface area (Å²) in [5.41, 5.74) is 0. The third kappa shape index (κ3) is 6.79. The molecule has 1 rings (SSSR count). The molecule has 0 radical (unpaired) electrons. The highest BCUT2D eigenvalue weighted by molar-refractivity contribution is 9.10. The number of rotatable bonds is 5. The Bertz CT molecular complexity index is 323. The Morgan fingerprint density at radius 1 is 1.41 bits per heavy atom. The van der Waals surface area contributed by atoms with Crippen molar-refractivity contribution < 1.29 is 4.42 Å². The minimum absolute atomic E-state index is 0. The van der Waals surface area contributed by atoms with Crippen molar-refractivity contribution in [2.24, 2.45) is 0 Å². The largest absolute Gasteiger partial charge is 0.453 e. The van der Waals surface area contributed by atoms with Gasteiger partial charge in [0.25, 0.3) is 0 Å². The van der Waals surface area contributed by atoms with Crippen LogP contribution in [-0.2, 0) is 0 Å². The lowest BCUT2D eigenvalue weighted by molar-refractivity contribution is 0.454. The summed E-state index contributed by atoms with van der Waals surface area (Å²) in [4.78, 5) is 0. The van der Waals surface area contributed by atoms with Crippen molar-refractivity contribution in [1.29, 1.82) is 0 Å². The molecule has 0 fully saturated rings. The molecule has 0 bridgehead atoms. The number of halogens is 1. The predicted molar refractivity (Wildman–Crippen MR) is 84.7 cm³/mol. The maximum atomic E-state index is 5.59. The second-order valence-electron chi connectivity index (χ2n) is 4.48. The zero-order chi connectivity index (χ0) is 12.2. The Balaban J connectivity index is 0.00000256. The Morgan fingerprint density at radius 2 is 2.06 bits per heavy atom. The minimum atomic E-state index is 0. The van der Waals surface area contributed by atoms with Gasteiger partial charge in [-0.05, 0) is 55.1 Å². The Hall–Kier alpha value is 0.420. The van der Waals surface area contributed by atoms with E-state index < -0.39 is 0 Å². The quantitative estimate of drug-likeness (QED) is 0.752. The lowest BCUT2D eigenvalue weighted by Gasteiger charge is -2.22. The SMILES string of the molecule is C.CSCC(NSC(C)(C)C)c1ccc(Br)o1. The molecule has 1 N–H and O–H groups in total. The van der Waals surface area contributed by atoms with Crippen LogP contribution in [-0.4, -0.2) is 16.8 Å². The van der Waals surface area contributed by atoms with Gasteiger partial charge in [-0.3, -0.25) is 4.72 Å². The molecule has 0 aromatic carbocycles. The van der Waals surface area contributed by atoms with E-state index in [2.05, 4.69) is 47.7 Å². The maximum absolute atomic E-state index is 5.59. The molecule has 0 aliphatic rings. The van der Waals surface area contributed by atoms with Gasteiger partial charge >= 0.3 is 0 Å². The van der Waals surface area contributed by atoms with Gasteiger partial charge in [0.1, 0.15) is 5.76 Å². The van der Waals surface area contributed by atoms with E-state index in [9.17, 15) is 0 Å². The summed E-state index contributed by atoms with van der Waals surface area (Å²) in [6.45, 7) is 6.58. The highest BCUT2D eigenvalue weighted by atomic mass is 79.9. The molecule has 1 heterocycles. The van der Waals surface area contributed by atoms with Crippen LogP contribution in [0.3, 0.4) is 0 Å². The second kappa shape index (κ2) is 7.77. The highest BCUT2D eigenvalue weighted by Crippen LogP contribution is 2.28. The van der Waals surface area contributed by atoms with E-state index in [0.29, 0.717) is 0 Å². The third-order valence-corrected chi connectivity index (χ3v) is 3.89. The van der Waals surface area contributed by atoms with E-state index in [-0.39, 0.29) is 18.2 Å². The van der Waals surface area contributed by atoms with Gasteiger partial charge in [0, 0.05) is 10.5 Å². The molecule has 0 aliphatic carbocycles. The first-order valence-corrected chi connectivity index (χ1v) is 8.10. The number of thioether (sulfide) groups is 1. The first-order valence-electron chi connectivity index (χ1n) is 5.10. The lowest BCUT2D eigenvalue weighted by atomic mass is 10.3. The van der Waals surface area contributed by atoms with Crippen LogP contribution in [0.25, 0.3) is 0 Å². The zero-order valence-corrected chi connectivity index (χ0v) is 13.3. The van der Waals surface area contributed by atoms with Crippen molar-refractivity contribution >= 4 is 39.6 Å². The molecular weight excluding hydrogens is 318 g/mol. The van der Waals surface area contributed by atoms with Gasteiger partial charge in [0.15, 0.2) is 4.67 Å². The molecule has 0 saturated carbocycles. The molecule has 100 valence electrons. The lowest BCUT2D eigenvalue weighted by Crippen LogP contribution is -2.22. The summed E-state index contributed by atoms with van der Waals surface area (Å²) in [5.74, 6) is 1.99. The summed E-state index contributed by atoms with van der Waals surface area (Å²) in [5, 5.41) is 0. The summed E-state index contributed by atoms with van der Waals surface area (Å²) in [7, 11) is 0. The van der Waals surface area contributed by atoms with Gasteiger partial charge in [0.2, 0.25) is 0 Å². The fourth-order valence-corrected chi connectivity index (χ4v) is 2.81. The summed E-state index contributed by atoms with van der Waals surface area (Å²) in [6, 6.07) is 4.21. The predicted octanol–water partition coefficient (Wildman–Crippen LogP) is 5.12. The van der Waals surface area contributed by atoms with Gasteiger partial charge < -0.3 is 4.42 Å². The normalized spacial score (nSPS) is 13.2. The first kappa shape index (κ1) is 17.4. The van der Waals surface area contributed by atoms with Crippen LogP contribution in [0.15, 0.2) is 21.2 Å². The molecule has 0 amide bonds. The van der Waals surface area contributed by atoms with Crippen LogP contribution in [0.4, 0.5) is 0 Å². The topological polar surface area (TPSA) is 25.2 Å². The Kier molecular flexibility index (Phi) is 7.96. The van der Waals surface area contributed by atoms with Crippen molar-refractivity contribution in [2.75, 3.05) is 12.0 Å². The highest BCUT2D eigenvalue weighted by Gasteiger charge is 2.18. The molecule has 1 atom stereocenters. The van der Waals surface area contributed by atoms with Crippen LogP contribution in [0.5, 0.6) is 0 Å². The summed E-state index contributed by atoms with van der Waals surface area (Å²) in [6.07, 6.45) is 2.11. The van der Waals surface area contributed by atoms with Crippen LogP contribution in [0.1, 0.15) is 40.0 Å². The molecule has 0 aliphatic heterocycles. The average Bonchev–Trinajstić information content (AvgIpc) is 2.57. The molecule has 1 aromatic rings. The van der Waals surface area contributed by atoms with Gasteiger partial charge in [-0.1, -0.05) is 19.4 Å². The van der Waals surface area contributed by atoms with Crippen molar-refractivity contribution in [3.8, 4) is 0 Å². The molecule has 17 heavy (non-hydrogen) atoms. The molecule has 0 spiro atoms. The average molecular weight is 340 g/mol. The molecular formula is C12H22BrNOS2. The summed E-state index contributed by atoms with van der Waals surface area (Å²) < 4.78 is 10.1. The van der Waals surface area contributed by atoms with Crippen LogP contribution >= 0.6 is 39.6 Å². The standard InChI is InChI=1S/C11H18BrNOS2.CH4/c1-11(2,3)16-13-8(7-15-4)9-5-6-10(12)14-9;/h5-6,8,13H,7H2,1-4H3;1H4. The fraction of sp³-hybridized carbons (Fsp3) is 0.667. The zero-order valence-electron chi connectivity index (χ0n) is 10.0. The van der Waals surface area contributed by atoms with Gasteiger partial charge in [-0.25, -0.2) is 0 Å². The molecule has 1 unspecified atom stereocenters. The van der Waals surface area contributed by atoms with Crippen LogP contribution in [0, 0.1) is 0 Å². The van der Waals surface area contributed by atoms with Crippen molar-refractivity contribution in [3.05, 3.63) is 22.6 Å². The third-order valence-electron chi connectivity index (χ3n) is 1.78. The number of hydrogen-bond donors (Lipinski definition) is 1. The van der Waals surface area contributed by atoms with E-state index in [1.165, 1.54) is 0 Å². The number of nitrogens with one attached hydrogen (secondary N) is 1. The number of furan rings is 1. The van der Waals surface area contributed by atoms with Crippen LogP contribution < -0.4 is 4.72 Å².